The smallest absolute Gasteiger partial charge is 0.336 e. The topological polar surface area (TPSA) is 96.4 Å². The quantitative estimate of drug-likeness (QED) is 0.858. The summed E-state index contributed by atoms with van der Waals surface area (Å²) >= 11 is 0. The molecule has 0 aliphatic carbocycles. The fourth-order valence-electron chi connectivity index (χ4n) is 1.57. The first-order chi connectivity index (χ1) is 8.45. The summed E-state index contributed by atoms with van der Waals surface area (Å²) in [5.74, 6) is -1.19. The summed E-state index contributed by atoms with van der Waals surface area (Å²) in [6, 6.07) is 7.54. The molecule has 2 N–H and O–H groups in total. The summed E-state index contributed by atoms with van der Waals surface area (Å²) in [6.45, 7) is 0. The average molecular weight is 266 g/mol. The van der Waals surface area contributed by atoms with Gasteiger partial charge in [-0.3, -0.25) is 0 Å². The molecule has 0 aliphatic heterocycles. The highest BCUT2D eigenvalue weighted by molar-refractivity contribution is 7.89. The molecule has 1 aromatic carbocycles. The molecule has 0 saturated carbocycles. The van der Waals surface area contributed by atoms with Crippen molar-refractivity contribution in [1.29, 1.82) is 0 Å². The molecule has 0 atom stereocenters. The van der Waals surface area contributed by atoms with E-state index in [1.54, 1.807) is 24.3 Å². The van der Waals surface area contributed by atoms with Gasteiger partial charge >= 0.3 is 5.97 Å². The zero-order chi connectivity index (χ0) is 13.3. The Bertz CT molecular complexity index is 725. The fourth-order valence-corrected chi connectivity index (χ4v) is 2.27. The van der Waals surface area contributed by atoms with Crippen molar-refractivity contribution < 1.29 is 18.3 Å². The van der Waals surface area contributed by atoms with Gasteiger partial charge in [0.1, 0.15) is 0 Å². The van der Waals surface area contributed by atoms with Gasteiger partial charge in [-0.15, -0.1) is 0 Å². The highest BCUT2D eigenvalue weighted by Gasteiger charge is 2.18. The summed E-state index contributed by atoms with van der Waals surface area (Å²) in [5, 5.41) is 9.20. The number of hydrogen-bond acceptors (Lipinski definition) is 4. The van der Waals surface area contributed by atoms with Crippen LogP contribution >= 0.6 is 0 Å². The molecule has 0 spiro atoms. The van der Waals surface area contributed by atoms with Crippen molar-refractivity contribution in [2.75, 3.05) is 7.05 Å². The Hall–Kier alpha value is -1.99. The number of benzene rings is 1. The largest absolute Gasteiger partial charge is 0.478 e. The molecular weight excluding hydrogens is 256 g/mol. The van der Waals surface area contributed by atoms with Crippen LogP contribution in [0.5, 0.6) is 0 Å². The van der Waals surface area contributed by atoms with Crippen molar-refractivity contribution in [2.45, 2.75) is 5.03 Å². The minimum Gasteiger partial charge on any atom is -0.478 e. The van der Waals surface area contributed by atoms with Crippen LogP contribution in [-0.4, -0.2) is 31.5 Å². The Balaban J connectivity index is 2.85. The lowest BCUT2D eigenvalue weighted by Crippen LogP contribution is -2.20. The normalized spacial score (nSPS) is 11.6. The minimum absolute atomic E-state index is 0.0885. The van der Waals surface area contributed by atoms with Gasteiger partial charge in [0.05, 0.1) is 11.1 Å². The standard InChI is InChI=1S/C11H10N2O4S/c1-12-18(16,17)10-6-8(11(14)15)7-4-2-3-5-9(7)13-10/h2-6,12H,1H3,(H,14,15). The molecule has 18 heavy (non-hydrogen) atoms. The molecular formula is C11H10N2O4S. The maximum atomic E-state index is 11.7. The van der Waals surface area contributed by atoms with Crippen LogP contribution < -0.4 is 4.72 Å². The lowest BCUT2D eigenvalue weighted by molar-refractivity contribution is 0.0698. The second-order valence-electron chi connectivity index (χ2n) is 3.54. The summed E-state index contributed by atoms with van der Waals surface area (Å²) in [4.78, 5) is 15.1. The highest BCUT2D eigenvalue weighted by atomic mass is 32.2. The Morgan fingerprint density at radius 1 is 1.33 bits per heavy atom. The second kappa shape index (κ2) is 4.35. The van der Waals surface area contributed by atoms with Gasteiger partial charge in [0.25, 0.3) is 10.0 Å². The van der Waals surface area contributed by atoms with E-state index in [4.69, 9.17) is 5.11 Å². The van der Waals surface area contributed by atoms with Crippen LogP contribution in [-0.2, 0) is 10.0 Å². The van der Waals surface area contributed by atoms with Crippen molar-refractivity contribution in [2.24, 2.45) is 0 Å². The van der Waals surface area contributed by atoms with Gasteiger partial charge in [-0.05, 0) is 19.2 Å². The fraction of sp³-hybridized carbons (Fsp3) is 0.0909. The maximum Gasteiger partial charge on any atom is 0.336 e. The van der Waals surface area contributed by atoms with Crippen molar-refractivity contribution >= 4 is 26.9 Å². The van der Waals surface area contributed by atoms with Gasteiger partial charge in [0, 0.05) is 5.39 Å². The highest BCUT2D eigenvalue weighted by Crippen LogP contribution is 2.20. The third-order valence-electron chi connectivity index (χ3n) is 2.47. The molecule has 0 unspecified atom stereocenters. The lowest BCUT2D eigenvalue weighted by atomic mass is 10.1. The maximum absolute atomic E-state index is 11.7. The number of nitrogens with zero attached hydrogens (tertiary/aromatic N) is 1. The third-order valence-corrected chi connectivity index (χ3v) is 3.76. The number of aromatic nitrogens is 1. The first-order valence-electron chi connectivity index (χ1n) is 5.02. The molecule has 1 aromatic heterocycles. The molecule has 6 nitrogen and oxygen atoms in total. The number of para-hydroxylation sites is 1. The van der Waals surface area contributed by atoms with E-state index < -0.39 is 16.0 Å². The van der Waals surface area contributed by atoms with Gasteiger partial charge < -0.3 is 5.11 Å². The van der Waals surface area contributed by atoms with Crippen LogP contribution in [0.2, 0.25) is 0 Å². The van der Waals surface area contributed by atoms with Crippen LogP contribution in [0.1, 0.15) is 10.4 Å². The predicted octanol–water partition coefficient (Wildman–Crippen LogP) is 0.841. The lowest BCUT2D eigenvalue weighted by Gasteiger charge is -2.06. The summed E-state index contributed by atoms with van der Waals surface area (Å²) < 4.78 is 25.4. The van der Waals surface area contributed by atoms with Gasteiger partial charge in [0.15, 0.2) is 5.03 Å². The van der Waals surface area contributed by atoms with Gasteiger partial charge in [-0.2, -0.15) is 0 Å². The van der Waals surface area contributed by atoms with E-state index in [0.717, 1.165) is 6.07 Å². The first kappa shape index (κ1) is 12.5. The van der Waals surface area contributed by atoms with E-state index >= 15 is 0 Å². The van der Waals surface area contributed by atoms with E-state index in [1.807, 2.05) is 0 Å². The van der Waals surface area contributed by atoms with Gasteiger partial charge in [-0.25, -0.2) is 22.9 Å². The third kappa shape index (κ3) is 2.05. The molecule has 0 bridgehead atoms. The Morgan fingerprint density at radius 3 is 2.61 bits per heavy atom. The number of aromatic carboxylic acids is 1. The van der Waals surface area contributed by atoms with Gasteiger partial charge in [0.2, 0.25) is 0 Å². The Labute approximate surface area is 103 Å². The van der Waals surface area contributed by atoms with Crippen molar-refractivity contribution in [3.8, 4) is 0 Å². The van der Waals surface area contributed by atoms with Gasteiger partial charge in [-0.1, -0.05) is 18.2 Å². The molecule has 94 valence electrons. The Kier molecular flexibility index (Phi) is 3.02. The zero-order valence-electron chi connectivity index (χ0n) is 9.41. The van der Waals surface area contributed by atoms with Crippen LogP contribution in [0.4, 0.5) is 0 Å². The van der Waals surface area contributed by atoms with Crippen molar-refractivity contribution in [3.05, 3.63) is 35.9 Å². The second-order valence-corrected chi connectivity index (χ2v) is 5.37. The molecule has 0 fully saturated rings. The number of carbonyl (C=O) groups is 1. The summed E-state index contributed by atoms with van der Waals surface area (Å²) in [7, 11) is -2.53. The number of carboxylic acids is 1. The predicted molar refractivity (Wildman–Crippen MR) is 64.9 cm³/mol. The number of fused-ring (bicyclic) bond motifs is 1. The molecule has 0 aliphatic rings. The number of pyridine rings is 1. The van der Waals surface area contributed by atoms with Crippen LogP contribution in [0, 0.1) is 0 Å². The monoisotopic (exact) mass is 266 g/mol. The number of carboxylic acid groups (broad SMARTS) is 1. The zero-order valence-corrected chi connectivity index (χ0v) is 10.2. The van der Waals surface area contributed by atoms with Crippen LogP contribution in [0.3, 0.4) is 0 Å². The van der Waals surface area contributed by atoms with Crippen molar-refractivity contribution in [1.82, 2.24) is 9.71 Å². The number of nitrogens with one attached hydrogen (secondary N) is 1. The number of hydrogen-bond donors (Lipinski definition) is 2. The SMILES string of the molecule is CNS(=O)(=O)c1cc(C(=O)O)c2ccccc2n1. The van der Waals surface area contributed by atoms with E-state index in [9.17, 15) is 13.2 Å². The Morgan fingerprint density at radius 2 is 2.00 bits per heavy atom. The molecule has 2 aromatic rings. The number of rotatable bonds is 3. The summed E-state index contributed by atoms with van der Waals surface area (Å²) in [5.41, 5.74) is 0.237. The molecule has 0 saturated heterocycles. The molecule has 2 rings (SSSR count). The van der Waals surface area contributed by atoms with Crippen molar-refractivity contribution in [3.63, 3.8) is 0 Å². The van der Waals surface area contributed by atoms with E-state index in [1.165, 1.54) is 7.05 Å². The minimum atomic E-state index is -3.77. The number of sulfonamides is 1. The summed E-state index contributed by atoms with van der Waals surface area (Å²) in [6.07, 6.45) is 0. The van der Waals surface area contributed by atoms with E-state index in [0.29, 0.717) is 10.9 Å². The average Bonchev–Trinajstić information content (AvgIpc) is 2.37. The van der Waals surface area contributed by atoms with E-state index in [-0.39, 0.29) is 10.6 Å². The molecule has 0 radical (unpaired) electrons. The molecule has 7 heteroatoms. The molecule has 0 amide bonds. The first-order valence-corrected chi connectivity index (χ1v) is 6.50. The van der Waals surface area contributed by atoms with Crippen LogP contribution in [0.25, 0.3) is 10.9 Å². The van der Waals surface area contributed by atoms with Crippen LogP contribution in [0.15, 0.2) is 35.4 Å². The van der Waals surface area contributed by atoms with E-state index in [2.05, 4.69) is 9.71 Å². The molecule has 1 heterocycles.